The number of benzene rings is 1. The minimum absolute atomic E-state index is 0.0663. The predicted molar refractivity (Wildman–Crippen MR) is 92.7 cm³/mol. The molecule has 1 heterocycles. The summed E-state index contributed by atoms with van der Waals surface area (Å²) in [4.78, 5) is 23.3. The van der Waals surface area contributed by atoms with E-state index in [0.717, 1.165) is 35.4 Å². The molecule has 1 aliphatic carbocycles. The van der Waals surface area contributed by atoms with Crippen molar-refractivity contribution in [1.82, 2.24) is 10.5 Å². The monoisotopic (exact) mass is 358 g/mol. The number of rotatable bonds is 8. The first-order valence-electron chi connectivity index (χ1n) is 8.59. The van der Waals surface area contributed by atoms with E-state index >= 15 is 0 Å². The fourth-order valence-corrected chi connectivity index (χ4v) is 2.79. The summed E-state index contributed by atoms with van der Waals surface area (Å²) in [6, 6.07) is 6.40. The molecule has 1 aromatic heterocycles. The standard InChI is InChI=1S/C19H22N2O5/c1-11-16(12(2)26-21-11)10-25-15-7-3-13(4-8-15)9-17(22)20-18(19(23)24)14-5-6-14/h3-4,7-8,14,18H,5-6,9-10H2,1-2H3,(H,20,22)(H,23,24). The van der Waals surface area contributed by atoms with Crippen LogP contribution in [0.15, 0.2) is 28.8 Å². The molecule has 1 atom stereocenters. The quantitative estimate of drug-likeness (QED) is 0.751. The fraction of sp³-hybridized carbons (Fsp3) is 0.421. The molecule has 0 bridgehead atoms. The first kappa shape index (κ1) is 18.0. The van der Waals surface area contributed by atoms with Gasteiger partial charge in [-0.2, -0.15) is 0 Å². The van der Waals surface area contributed by atoms with Crippen molar-refractivity contribution < 1.29 is 24.0 Å². The lowest BCUT2D eigenvalue weighted by atomic mass is 10.1. The summed E-state index contributed by atoms with van der Waals surface area (Å²) in [5, 5.41) is 15.7. The number of aliphatic carboxylic acids is 1. The summed E-state index contributed by atoms with van der Waals surface area (Å²) < 4.78 is 10.8. The number of carboxylic acid groups (broad SMARTS) is 1. The number of nitrogens with zero attached hydrogens (tertiary/aromatic N) is 1. The van der Waals surface area contributed by atoms with Gasteiger partial charge in [-0.15, -0.1) is 0 Å². The number of nitrogens with one attached hydrogen (secondary N) is 1. The highest BCUT2D eigenvalue weighted by Gasteiger charge is 2.37. The second kappa shape index (κ2) is 7.59. The van der Waals surface area contributed by atoms with Gasteiger partial charge in [-0.3, -0.25) is 4.79 Å². The van der Waals surface area contributed by atoms with Gasteiger partial charge in [-0.1, -0.05) is 17.3 Å². The number of ether oxygens (including phenoxy) is 1. The maximum absolute atomic E-state index is 12.1. The van der Waals surface area contributed by atoms with E-state index in [2.05, 4.69) is 10.5 Å². The van der Waals surface area contributed by atoms with Gasteiger partial charge in [-0.05, 0) is 50.3 Å². The molecule has 2 N–H and O–H groups in total. The first-order chi connectivity index (χ1) is 12.4. The lowest BCUT2D eigenvalue weighted by molar-refractivity contribution is -0.142. The summed E-state index contributed by atoms with van der Waals surface area (Å²) in [6.07, 6.45) is 1.85. The van der Waals surface area contributed by atoms with Crippen molar-refractivity contribution in [2.45, 2.75) is 45.8 Å². The summed E-state index contributed by atoms with van der Waals surface area (Å²) >= 11 is 0. The van der Waals surface area contributed by atoms with Crippen LogP contribution < -0.4 is 10.1 Å². The molecule has 0 saturated heterocycles. The lowest BCUT2D eigenvalue weighted by Crippen LogP contribution is -2.43. The summed E-state index contributed by atoms with van der Waals surface area (Å²) in [5.41, 5.74) is 2.53. The molecule has 1 amide bonds. The van der Waals surface area contributed by atoms with E-state index in [-0.39, 0.29) is 18.2 Å². The van der Waals surface area contributed by atoms with Crippen molar-refractivity contribution in [1.29, 1.82) is 0 Å². The summed E-state index contributed by atoms with van der Waals surface area (Å²) in [6.45, 7) is 4.07. The second-order valence-electron chi connectivity index (χ2n) is 6.63. The van der Waals surface area contributed by atoms with Crippen LogP contribution in [-0.4, -0.2) is 28.2 Å². The van der Waals surface area contributed by atoms with E-state index in [9.17, 15) is 9.59 Å². The third kappa shape index (κ3) is 4.41. The number of carbonyl (C=O) groups is 2. The van der Waals surface area contributed by atoms with Crippen molar-refractivity contribution in [3.05, 3.63) is 46.8 Å². The SMILES string of the molecule is Cc1noc(C)c1COc1ccc(CC(=O)NC(C(=O)O)C2CC2)cc1. The smallest absolute Gasteiger partial charge is 0.326 e. The van der Waals surface area contributed by atoms with Gasteiger partial charge < -0.3 is 19.7 Å². The third-order valence-electron chi connectivity index (χ3n) is 4.53. The van der Waals surface area contributed by atoms with Gasteiger partial charge in [-0.25, -0.2) is 4.79 Å². The normalized spacial score (nSPS) is 14.7. The van der Waals surface area contributed by atoms with Crippen LogP contribution in [0.4, 0.5) is 0 Å². The van der Waals surface area contributed by atoms with E-state index in [1.165, 1.54) is 0 Å². The van der Waals surface area contributed by atoms with Gasteiger partial charge in [0.05, 0.1) is 17.7 Å². The Morgan fingerprint density at radius 1 is 1.31 bits per heavy atom. The van der Waals surface area contributed by atoms with E-state index < -0.39 is 12.0 Å². The van der Waals surface area contributed by atoms with Crippen molar-refractivity contribution in [2.24, 2.45) is 5.92 Å². The molecule has 3 rings (SSSR count). The van der Waals surface area contributed by atoms with Crippen molar-refractivity contribution in [2.75, 3.05) is 0 Å². The Morgan fingerprint density at radius 2 is 2.00 bits per heavy atom. The van der Waals surface area contributed by atoms with E-state index in [4.69, 9.17) is 14.4 Å². The Morgan fingerprint density at radius 3 is 2.54 bits per heavy atom. The van der Waals surface area contributed by atoms with Crippen LogP contribution >= 0.6 is 0 Å². The van der Waals surface area contributed by atoms with E-state index in [1.807, 2.05) is 13.8 Å². The van der Waals surface area contributed by atoms with Crippen molar-refractivity contribution in [3.63, 3.8) is 0 Å². The third-order valence-corrected chi connectivity index (χ3v) is 4.53. The van der Waals surface area contributed by atoms with Crippen LogP contribution in [0.5, 0.6) is 5.75 Å². The molecule has 138 valence electrons. The highest BCUT2D eigenvalue weighted by atomic mass is 16.5. The van der Waals surface area contributed by atoms with Crippen LogP contribution in [0.3, 0.4) is 0 Å². The van der Waals surface area contributed by atoms with Gasteiger partial charge >= 0.3 is 5.97 Å². The molecule has 0 spiro atoms. The highest BCUT2D eigenvalue weighted by molar-refractivity contribution is 5.85. The van der Waals surface area contributed by atoms with Crippen LogP contribution in [0.25, 0.3) is 0 Å². The molecule has 1 aromatic carbocycles. The molecule has 0 radical (unpaired) electrons. The van der Waals surface area contributed by atoms with Crippen LogP contribution in [-0.2, 0) is 22.6 Å². The molecule has 0 aliphatic heterocycles. The predicted octanol–water partition coefficient (Wildman–Crippen LogP) is 2.39. The number of hydrogen-bond donors (Lipinski definition) is 2. The summed E-state index contributed by atoms with van der Waals surface area (Å²) in [7, 11) is 0. The van der Waals surface area contributed by atoms with Crippen LogP contribution in [0.2, 0.25) is 0 Å². The minimum atomic E-state index is -0.969. The molecular formula is C19H22N2O5. The molecule has 7 heteroatoms. The number of carbonyl (C=O) groups excluding carboxylic acids is 1. The average molecular weight is 358 g/mol. The van der Waals surface area contributed by atoms with Crippen molar-refractivity contribution in [3.8, 4) is 5.75 Å². The molecule has 7 nitrogen and oxygen atoms in total. The zero-order valence-electron chi connectivity index (χ0n) is 14.8. The molecule has 1 unspecified atom stereocenters. The molecule has 1 aliphatic rings. The molecule has 1 saturated carbocycles. The molecule has 2 aromatic rings. The average Bonchev–Trinajstić information content (AvgIpc) is 3.39. The number of amides is 1. The van der Waals surface area contributed by atoms with E-state index in [1.54, 1.807) is 24.3 Å². The van der Waals surface area contributed by atoms with Gasteiger partial charge in [0.15, 0.2) is 0 Å². The molecule has 1 fully saturated rings. The molecular weight excluding hydrogens is 336 g/mol. The van der Waals surface area contributed by atoms with Crippen molar-refractivity contribution >= 4 is 11.9 Å². The number of hydrogen-bond acceptors (Lipinski definition) is 5. The van der Waals surface area contributed by atoms with Gasteiger partial charge in [0.2, 0.25) is 5.91 Å². The zero-order chi connectivity index (χ0) is 18.7. The largest absolute Gasteiger partial charge is 0.489 e. The van der Waals surface area contributed by atoms with Crippen LogP contribution in [0, 0.1) is 19.8 Å². The Kier molecular flexibility index (Phi) is 5.25. The van der Waals surface area contributed by atoms with Gasteiger partial charge in [0, 0.05) is 0 Å². The van der Waals surface area contributed by atoms with Crippen LogP contribution in [0.1, 0.15) is 35.4 Å². The fourth-order valence-electron chi connectivity index (χ4n) is 2.79. The highest BCUT2D eigenvalue weighted by Crippen LogP contribution is 2.32. The van der Waals surface area contributed by atoms with Gasteiger partial charge in [0.25, 0.3) is 0 Å². The topological polar surface area (TPSA) is 102 Å². The lowest BCUT2D eigenvalue weighted by Gasteiger charge is -2.13. The zero-order valence-corrected chi connectivity index (χ0v) is 14.8. The second-order valence-corrected chi connectivity index (χ2v) is 6.63. The maximum Gasteiger partial charge on any atom is 0.326 e. The van der Waals surface area contributed by atoms with Gasteiger partial charge in [0.1, 0.15) is 24.2 Å². The Bertz CT molecular complexity index is 773. The summed E-state index contributed by atoms with van der Waals surface area (Å²) in [5.74, 6) is 0.226. The Hall–Kier alpha value is -2.83. The number of aromatic nitrogens is 1. The number of aryl methyl sites for hydroxylation is 2. The first-order valence-corrected chi connectivity index (χ1v) is 8.59. The maximum atomic E-state index is 12.1. The number of carboxylic acids is 1. The minimum Gasteiger partial charge on any atom is -0.489 e. The van der Waals surface area contributed by atoms with E-state index in [0.29, 0.717) is 12.4 Å². The Labute approximate surface area is 151 Å². The Balaban J connectivity index is 1.52. The molecule has 26 heavy (non-hydrogen) atoms.